The molecule has 0 aromatic heterocycles. The Morgan fingerprint density at radius 2 is 1.94 bits per heavy atom. The van der Waals surface area contributed by atoms with Gasteiger partial charge in [-0.05, 0) is 32.1 Å². The van der Waals surface area contributed by atoms with Crippen LogP contribution in [0.15, 0.2) is 0 Å². The molecule has 4 heteroatoms. The van der Waals surface area contributed by atoms with Crippen LogP contribution in [0.25, 0.3) is 0 Å². The van der Waals surface area contributed by atoms with E-state index in [2.05, 4.69) is 5.32 Å². The number of fused-ring (bicyclic) bond motifs is 2. The summed E-state index contributed by atoms with van der Waals surface area (Å²) in [6, 6.07) is 1.03. The summed E-state index contributed by atoms with van der Waals surface area (Å²) in [4.78, 5) is 14.3. The number of aliphatic hydroxyl groups is 1. The minimum absolute atomic E-state index is 0.192. The molecule has 0 saturated carbocycles. The monoisotopic (exact) mass is 224 g/mol. The average Bonchev–Trinajstić information content (AvgIpc) is 2.91. The fourth-order valence-electron chi connectivity index (χ4n) is 3.42. The highest BCUT2D eigenvalue weighted by atomic mass is 16.3. The summed E-state index contributed by atoms with van der Waals surface area (Å²) in [5.74, 6) is 0.542. The quantitative estimate of drug-likeness (QED) is 0.664. The third kappa shape index (κ3) is 1.74. The van der Waals surface area contributed by atoms with E-state index in [-0.39, 0.29) is 12.0 Å². The maximum absolute atomic E-state index is 12.3. The highest BCUT2D eigenvalue weighted by Gasteiger charge is 2.44. The zero-order valence-corrected chi connectivity index (χ0v) is 9.56. The maximum Gasteiger partial charge on any atom is 0.227 e. The van der Waals surface area contributed by atoms with Crippen LogP contribution in [0.3, 0.4) is 0 Å². The van der Waals surface area contributed by atoms with Crippen molar-refractivity contribution in [2.24, 2.45) is 5.92 Å². The van der Waals surface area contributed by atoms with E-state index in [9.17, 15) is 9.90 Å². The predicted octanol–water partition coefficient (Wildman–Crippen LogP) is 0.110. The van der Waals surface area contributed by atoms with Gasteiger partial charge in [0.15, 0.2) is 0 Å². The number of amides is 1. The maximum atomic E-state index is 12.3. The largest absolute Gasteiger partial charge is 0.393 e. The molecule has 3 saturated heterocycles. The molecule has 3 heterocycles. The molecule has 3 aliphatic heterocycles. The third-order valence-electron chi connectivity index (χ3n) is 4.39. The van der Waals surface area contributed by atoms with Crippen LogP contribution < -0.4 is 5.32 Å². The Morgan fingerprint density at radius 1 is 1.19 bits per heavy atom. The summed E-state index contributed by atoms with van der Waals surface area (Å²) in [5.41, 5.74) is 0. The number of rotatable bonds is 1. The highest BCUT2D eigenvalue weighted by molar-refractivity contribution is 5.80. The fraction of sp³-hybridized carbons (Fsp3) is 0.917. The second-order valence-electron chi connectivity index (χ2n) is 5.45. The molecule has 90 valence electrons. The molecule has 0 aromatic carbocycles. The molecule has 3 fully saturated rings. The highest BCUT2D eigenvalue weighted by Crippen LogP contribution is 2.34. The molecule has 3 rings (SSSR count). The Kier molecular flexibility index (Phi) is 2.64. The number of carbonyl (C=O) groups excluding carboxylic acids is 1. The number of hydrogen-bond acceptors (Lipinski definition) is 3. The smallest absolute Gasteiger partial charge is 0.227 e. The Morgan fingerprint density at radius 3 is 2.50 bits per heavy atom. The fourth-order valence-corrected chi connectivity index (χ4v) is 3.42. The van der Waals surface area contributed by atoms with Gasteiger partial charge in [-0.15, -0.1) is 0 Å². The lowest BCUT2D eigenvalue weighted by Crippen LogP contribution is -2.45. The minimum atomic E-state index is -0.192. The predicted molar refractivity (Wildman–Crippen MR) is 59.9 cm³/mol. The van der Waals surface area contributed by atoms with Gasteiger partial charge in [-0.1, -0.05) is 0 Å². The molecular weight excluding hydrogens is 204 g/mol. The van der Waals surface area contributed by atoms with Gasteiger partial charge in [0.1, 0.15) is 0 Å². The van der Waals surface area contributed by atoms with Gasteiger partial charge in [-0.2, -0.15) is 0 Å². The second-order valence-corrected chi connectivity index (χ2v) is 5.45. The average molecular weight is 224 g/mol. The van der Waals surface area contributed by atoms with Gasteiger partial charge in [0.2, 0.25) is 5.91 Å². The van der Waals surface area contributed by atoms with E-state index in [1.807, 2.05) is 4.90 Å². The van der Waals surface area contributed by atoms with Gasteiger partial charge < -0.3 is 15.3 Å². The number of likely N-dealkylation sites (tertiary alicyclic amines) is 1. The molecule has 0 spiro atoms. The van der Waals surface area contributed by atoms with Crippen LogP contribution in [-0.4, -0.2) is 47.2 Å². The second kappa shape index (κ2) is 4.00. The Labute approximate surface area is 96.0 Å². The van der Waals surface area contributed by atoms with Crippen molar-refractivity contribution in [1.82, 2.24) is 10.2 Å². The molecule has 3 unspecified atom stereocenters. The van der Waals surface area contributed by atoms with E-state index in [0.717, 1.165) is 38.8 Å². The molecule has 1 amide bonds. The van der Waals surface area contributed by atoms with E-state index in [4.69, 9.17) is 0 Å². The van der Waals surface area contributed by atoms with Crippen LogP contribution >= 0.6 is 0 Å². The Hall–Kier alpha value is -0.610. The molecule has 0 aromatic rings. The zero-order valence-electron chi connectivity index (χ0n) is 9.56. The van der Waals surface area contributed by atoms with Gasteiger partial charge in [0, 0.05) is 25.2 Å². The topological polar surface area (TPSA) is 52.6 Å². The van der Waals surface area contributed by atoms with Crippen molar-refractivity contribution in [3.05, 3.63) is 0 Å². The van der Waals surface area contributed by atoms with Crippen molar-refractivity contribution < 1.29 is 9.90 Å². The molecule has 0 radical (unpaired) electrons. The zero-order chi connectivity index (χ0) is 11.1. The summed E-state index contributed by atoms with van der Waals surface area (Å²) in [5, 5.41) is 12.9. The van der Waals surface area contributed by atoms with Crippen LogP contribution in [0.4, 0.5) is 0 Å². The molecule has 3 aliphatic rings. The van der Waals surface area contributed by atoms with Crippen molar-refractivity contribution in [2.75, 3.05) is 13.1 Å². The van der Waals surface area contributed by atoms with Gasteiger partial charge >= 0.3 is 0 Å². The number of carbonyl (C=O) groups is 1. The molecule has 0 aliphatic carbocycles. The number of hydrogen-bond donors (Lipinski definition) is 2. The van der Waals surface area contributed by atoms with Gasteiger partial charge in [-0.3, -0.25) is 4.79 Å². The standard InChI is InChI=1S/C12H20N2O2/c15-9-3-5-14(6-4-9)12(16)10-7-8-1-2-11(10)13-8/h8-11,13,15H,1-7H2. The number of nitrogens with zero attached hydrogens (tertiary/aromatic N) is 1. The molecule has 4 nitrogen and oxygen atoms in total. The first-order valence-corrected chi connectivity index (χ1v) is 6.47. The van der Waals surface area contributed by atoms with Gasteiger partial charge in [0.25, 0.3) is 0 Å². The number of nitrogens with one attached hydrogen (secondary N) is 1. The SMILES string of the molecule is O=C(C1CC2CCC1N2)N1CCC(O)CC1. The van der Waals surface area contributed by atoms with Crippen LogP contribution in [0.5, 0.6) is 0 Å². The van der Waals surface area contributed by atoms with E-state index in [1.54, 1.807) is 0 Å². The van der Waals surface area contributed by atoms with E-state index in [0.29, 0.717) is 18.0 Å². The summed E-state index contributed by atoms with van der Waals surface area (Å²) in [6.45, 7) is 1.49. The van der Waals surface area contributed by atoms with Crippen LogP contribution in [-0.2, 0) is 4.79 Å². The first-order chi connectivity index (χ1) is 7.74. The van der Waals surface area contributed by atoms with Crippen molar-refractivity contribution in [2.45, 2.75) is 50.3 Å². The van der Waals surface area contributed by atoms with Crippen molar-refractivity contribution in [3.8, 4) is 0 Å². The number of aliphatic hydroxyl groups excluding tert-OH is 1. The first-order valence-electron chi connectivity index (χ1n) is 6.47. The minimum Gasteiger partial charge on any atom is -0.393 e. The summed E-state index contributed by atoms with van der Waals surface area (Å²) in [6.07, 6.45) is 4.75. The Balaban J connectivity index is 1.61. The van der Waals surface area contributed by atoms with Crippen molar-refractivity contribution in [3.63, 3.8) is 0 Å². The first kappa shape index (κ1) is 10.5. The molecule has 2 N–H and O–H groups in total. The lowest BCUT2D eigenvalue weighted by atomic mass is 9.87. The summed E-state index contributed by atoms with van der Waals surface area (Å²) < 4.78 is 0. The van der Waals surface area contributed by atoms with Crippen LogP contribution in [0.2, 0.25) is 0 Å². The molecule has 16 heavy (non-hydrogen) atoms. The summed E-state index contributed by atoms with van der Waals surface area (Å²) in [7, 11) is 0. The number of piperidine rings is 1. The lowest BCUT2D eigenvalue weighted by Gasteiger charge is -2.33. The molecule has 2 bridgehead atoms. The van der Waals surface area contributed by atoms with Crippen molar-refractivity contribution in [1.29, 1.82) is 0 Å². The normalized spacial score (nSPS) is 39.3. The lowest BCUT2D eigenvalue weighted by molar-refractivity contribution is -0.138. The summed E-state index contributed by atoms with van der Waals surface area (Å²) >= 11 is 0. The third-order valence-corrected chi connectivity index (χ3v) is 4.39. The van der Waals surface area contributed by atoms with Gasteiger partial charge in [0.05, 0.1) is 12.0 Å². The molecule has 3 atom stereocenters. The van der Waals surface area contributed by atoms with Crippen molar-refractivity contribution >= 4 is 5.91 Å². The van der Waals surface area contributed by atoms with Crippen LogP contribution in [0.1, 0.15) is 32.1 Å². The van der Waals surface area contributed by atoms with E-state index >= 15 is 0 Å². The Bertz CT molecular complexity index is 287. The van der Waals surface area contributed by atoms with Crippen LogP contribution in [0, 0.1) is 5.92 Å². The van der Waals surface area contributed by atoms with E-state index < -0.39 is 0 Å². The van der Waals surface area contributed by atoms with Gasteiger partial charge in [-0.25, -0.2) is 0 Å². The molecular formula is C12H20N2O2. The van der Waals surface area contributed by atoms with E-state index in [1.165, 1.54) is 6.42 Å².